The zero-order chi connectivity index (χ0) is 26.9. The molecule has 202 valence electrons. The lowest BCUT2D eigenvalue weighted by Crippen LogP contribution is -2.48. The van der Waals surface area contributed by atoms with Crippen LogP contribution in [0.2, 0.25) is 0 Å². The van der Waals surface area contributed by atoms with E-state index in [-0.39, 0.29) is 11.9 Å². The quantitative estimate of drug-likeness (QED) is 0.431. The number of fused-ring (bicyclic) bond motifs is 1. The molecule has 2 aromatic carbocycles. The first-order chi connectivity index (χ1) is 18.2. The second kappa shape index (κ2) is 10.9. The van der Waals surface area contributed by atoms with E-state index in [0.717, 1.165) is 55.0 Å². The molecule has 0 atom stereocenters. The van der Waals surface area contributed by atoms with Gasteiger partial charge in [-0.1, -0.05) is 36.4 Å². The highest BCUT2D eigenvalue weighted by Crippen LogP contribution is 2.32. The fourth-order valence-corrected chi connectivity index (χ4v) is 5.57. The van der Waals surface area contributed by atoms with Crippen LogP contribution in [0.4, 0.5) is 13.2 Å². The molecule has 3 aromatic rings. The highest BCUT2D eigenvalue weighted by atomic mass is 19.4. The van der Waals surface area contributed by atoms with Gasteiger partial charge in [-0.2, -0.15) is 13.2 Å². The Morgan fingerprint density at radius 2 is 1.71 bits per heavy atom. The van der Waals surface area contributed by atoms with Crippen LogP contribution in [0.25, 0.3) is 11.4 Å². The van der Waals surface area contributed by atoms with Crippen LogP contribution >= 0.6 is 0 Å². The number of carbonyl (C=O) groups is 1. The lowest BCUT2D eigenvalue weighted by Gasteiger charge is -2.40. The second-order valence-electron chi connectivity index (χ2n) is 10.2. The van der Waals surface area contributed by atoms with Gasteiger partial charge in [0.25, 0.3) is 0 Å². The Kier molecular flexibility index (Phi) is 7.59. The molecule has 0 spiro atoms. The number of hydrogen-bond acceptors (Lipinski definition) is 4. The minimum Gasteiger partial charge on any atom is -0.383 e. The summed E-state index contributed by atoms with van der Waals surface area (Å²) >= 11 is 0. The lowest BCUT2D eigenvalue weighted by molar-refractivity contribution is -0.137. The largest absolute Gasteiger partial charge is 0.416 e. The number of methoxy groups -OCH3 is 1. The van der Waals surface area contributed by atoms with Crippen LogP contribution in [-0.2, 0) is 41.8 Å². The molecule has 3 heterocycles. The Balaban J connectivity index is 1.28. The Hall–Kier alpha value is -3.17. The summed E-state index contributed by atoms with van der Waals surface area (Å²) in [5.41, 5.74) is 4.24. The maximum atomic E-state index is 13.1. The van der Waals surface area contributed by atoms with Crippen molar-refractivity contribution in [1.82, 2.24) is 19.4 Å². The Bertz CT molecular complexity index is 1280. The van der Waals surface area contributed by atoms with Crippen LogP contribution in [0.15, 0.2) is 48.5 Å². The van der Waals surface area contributed by atoms with Gasteiger partial charge >= 0.3 is 6.18 Å². The second-order valence-corrected chi connectivity index (χ2v) is 10.2. The smallest absolute Gasteiger partial charge is 0.383 e. The van der Waals surface area contributed by atoms with Gasteiger partial charge in [-0.05, 0) is 43.0 Å². The van der Waals surface area contributed by atoms with E-state index in [9.17, 15) is 18.0 Å². The number of ether oxygens (including phenoxy) is 1. The van der Waals surface area contributed by atoms with E-state index in [1.807, 2.05) is 34.6 Å². The van der Waals surface area contributed by atoms with Gasteiger partial charge in [0.05, 0.1) is 24.3 Å². The molecule has 6 nitrogen and oxygen atoms in total. The fourth-order valence-electron chi connectivity index (χ4n) is 5.57. The van der Waals surface area contributed by atoms with Gasteiger partial charge in [0.1, 0.15) is 5.82 Å². The van der Waals surface area contributed by atoms with E-state index in [0.29, 0.717) is 44.0 Å². The highest BCUT2D eigenvalue weighted by Gasteiger charge is 2.32. The molecule has 2 aliphatic rings. The molecule has 0 aliphatic carbocycles. The number of aromatic nitrogens is 2. The van der Waals surface area contributed by atoms with Crippen LogP contribution < -0.4 is 0 Å². The number of benzene rings is 2. The molecule has 9 heteroatoms. The van der Waals surface area contributed by atoms with Crippen LogP contribution in [0.1, 0.15) is 40.9 Å². The summed E-state index contributed by atoms with van der Waals surface area (Å²) < 4.78 is 46.5. The lowest BCUT2D eigenvalue weighted by atomic mass is 9.95. The summed E-state index contributed by atoms with van der Waals surface area (Å²) in [6.07, 6.45) is -2.09. The maximum Gasteiger partial charge on any atom is 0.416 e. The molecule has 2 aliphatic heterocycles. The monoisotopic (exact) mass is 526 g/mol. The normalized spacial score (nSPS) is 17.2. The summed E-state index contributed by atoms with van der Waals surface area (Å²) in [6, 6.07) is 13.6. The molecular weight excluding hydrogens is 493 g/mol. The number of imidazole rings is 1. The Morgan fingerprint density at radius 3 is 2.37 bits per heavy atom. The molecule has 5 rings (SSSR count). The summed E-state index contributed by atoms with van der Waals surface area (Å²) in [7, 11) is 1.63. The van der Waals surface area contributed by atoms with E-state index >= 15 is 0 Å². The number of nitrogens with zero attached hydrogens (tertiary/aromatic N) is 4. The molecule has 1 fully saturated rings. The first-order valence-electron chi connectivity index (χ1n) is 13.1. The molecule has 38 heavy (non-hydrogen) atoms. The minimum absolute atomic E-state index is 0.205. The SMILES string of the molecule is COCCn1c(-c2ccc(C(F)(F)F)cc2)nc(CN2CCC(N3Cc4ccccc4CC3=O)CC2)c1C. The van der Waals surface area contributed by atoms with Crippen molar-refractivity contribution in [3.63, 3.8) is 0 Å². The number of rotatable bonds is 7. The number of halogens is 3. The number of amides is 1. The third-order valence-corrected chi connectivity index (χ3v) is 7.80. The van der Waals surface area contributed by atoms with Crippen LogP contribution in [-0.4, -0.2) is 58.1 Å². The van der Waals surface area contributed by atoms with Crippen molar-refractivity contribution < 1.29 is 22.7 Å². The molecular formula is C29H33F3N4O2. The number of likely N-dealkylation sites (tertiary alicyclic amines) is 1. The highest BCUT2D eigenvalue weighted by molar-refractivity contribution is 5.81. The minimum atomic E-state index is -4.38. The van der Waals surface area contributed by atoms with Crippen molar-refractivity contribution in [2.75, 3.05) is 26.8 Å². The molecule has 0 saturated carbocycles. The number of carbonyl (C=O) groups excluding carboxylic acids is 1. The molecule has 0 radical (unpaired) electrons. The van der Waals surface area contributed by atoms with Gasteiger partial charge in [0.2, 0.25) is 5.91 Å². The molecule has 0 N–H and O–H groups in total. The Morgan fingerprint density at radius 1 is 1.03 bits per heavy atom. The topological polar surface area (TPSA) is 50.6 Å². The third-order valence-electron chi connectivity index (χ3n) is 7.80. The van der Waals surface area contributed by atoms with E-state index in [2.05, 4.69) is 11.0 Å². The summed E-state index contributed by atoms with van der Waals surface area (Å²) in [6.45, 7) is 6.09. The number of alkyl halides is 3. The van der Waals surface area contributed by atoms with Gasteiger partial charge in [0, 0.05) is 57.1 Å². The van der Waals surface area contributed by atoms with E-state index in [1.165, 1.54) is 17.7 Å². The third kappa shape index (κ3) is 5.49. The van der Waals surface area contributed by atoms with Crippen molar-refractivity contribution in [3.8, 4) is 11.4 Å². The van der Waals surface area contributed by atoms with Crippen molar-refractivity contribution in [2.24, 2.45) is 0 Å². The van der Waals surface area contributed by atoms with Gasteiger partial charge in [-0.15, -0.1) is 0 Å². The number of piperidine rings is 1. The van der Waals surface area contributed by atoms with Gasteiger partial charge in [-0.25, -0.2) is 4.98 Å². The molecule has 1 saturated heterocycles. The van der Waals surface area contributed by atoms with Gasteiger partial charge in [-0.3, -0.25) is 9.69 Å². The standard InChI is InChI=1S/C29H33F3N4O2/c1-20-26(33-28(35(20)15-16-38-2)21-7-9-24(10-8-21)29(30,31)32)19-34-13-11-25(12-14-34)36-18-23-6-4-3-5-22(23)17-27(36)37/h3-10,25H,11-19H2,1-2H3. The Labute approximate surface area is 221 Å². The van der Waals surface area contributed by atoms with Crippen molar-refractivity contribution in [2.45, 2.75) is 58.0 Å². The summed E-state index contributed by atoms with van der Waals surface area (Å²) in [4.78, 5) is 22.1. The summed E-state index contributed by atoms with van der Waals surface area (Å²) in [5.74, 6) is 0.854. The average molecular weight is 527 g/mol. The first-order valence-corrected chi connectivity index (χ1v) is 13.1. The molecule has 1 aromatic heterocycles. The van der Waals surface area contributed by atoms with Crippen LogP contribution in [0, 0.1) is 6.92 Å². The summed E-state index contributed by atoms with van der Waals surface area (Å²) in [5, 5.41) is 0. The van der Waals surface area contributed by atoms with Gasteiger partial charge < -0.3 is 14.2 Å². The number of hydrogen-bond donors (Lipinski definition) is 0. The van der Waals surface area contributed by atoms with Crippen molar-refractivity contribution in [1.29, 1.82) is 0 Å². The van der Waals surface area contributed by atoms with Crippen molar-refractivity contribution >= 4 is 5.91 Å². The first kappa shape index (κ1) is 26.4. The van der Waals surface area contributed by atoms with Crippen molar-refractivity contribution in [3.05, 3.63) is 76.6 Å². The van der Waals surface area contributed by atoms with E-state index in [4.69, 9.17) is 9.72 Å². The van der Waals surface area contributed by atoms with Gasteiger partial charge in [0.15, 0.2) is 0 Å². The zero-order valence-electron chi connectivity index (χ0n) is 21.8. The fraction of sp³-hybridized carbons (Fsp3) is 0.448. The van der Waals surface area contributed by atoms with Crippen LogP contribution in [0.5, 0.6) is 0 Å². The molecule has 0 bridgehead atoms. The maximum absolute atomic E-state index is 13.1. The molecule has 1 amide bonds. The van der Waals surface area contributed by atoms with E-state index in [1.54, 1.807) is 7.11 Å². The molecule has 0 unspecified atom stereocenters. The average Bonchev–Trinajstić information content (AvgIpc) is 3.21. The zero-order valence-corrected chi connectivity index (χ0v) is 21.8. The predicted molar refractivity (Wildman–Crippen MR) is 138 cm³/mol. The van der Waals surface area contributed by atoms with Crippen LogP contribution in [0.3, 0.4) is 0 Å². The predicted octanol–water partition coefficient (Wildman–Crippen LogP) is 5.07. The van der Waals surface area contributed by atoms with E-state index < -0.39 is 11.7 Å².